The minimum atomic E-state index is -0.227. The molecule has 0 atom stereocenters. The van der Waals surface area contributed by atoms with E-state index in [1.54, 1.807) is 6.20 Å². The zero-order valence-corrected chi connectivity index (χ0v) is 24.2. The Labute approximate surface area is 255 Å². The second-order valence-electron chi connectivity index (χ2n) is 10.1. The zero-order valence-electron chi connectivity index (χ0n) is 21.8. The summed E-state index contributed by atoms with van der Waals surface area (Å²) in [6.07, 6.45) is 5.01. The molecule has 2 aliphatic rings. The van der Waals surface area contributed by atoms with Crippen LogP contribution in [0.2, 0.25) is 0 Å². The van der Waals surface area contributed by atoms with E-state index in [-0.39, 0.29) is 42.8 Å². The van der Waals surface area contributed by atoms with Gasteiger partial charge in [-0.3, -0.25) is 4.57 Å². The van der Waals surface area contributed by atoms with Crippen LogP contribution >= 0.6 is 37.2 Å². The number of hydrogen-bond donors (Lipinski definition) is 2. The molecule has 8 rings (SSSR count). The number of para-hydroxylation sites is 3. The molecule has 41 heavy (non-hydrogen) atoms. The maximum atomic E-state index is 6.65. The van der Waals surface area contributed by atoms with Gasteiger partial charge in [-0.25, -0.2) is 15.0 Å². The van der Waals surface area contributed by atoms with Gasteiger partial charge in [0.05, 0.1) is 17.1 Å². The lowest BCUT2D eigenvalue weighted by Crippen LogP contribution is -2.43. The summed E-state index contributed by atoms with van der Waals surface area (Å²) in [5.41, 5.74) is 14.5. The highest BCUT2D eigenvalue weighted by Crippen LogP contribution is 2.45. The van der Waals surface area contributed by atoms with Crippen LogP contribution in [-0.2, 0) is 5.54 Å². The Morgan fingerprint density at radius 3 is 2.34 bits per heavy atom. The Morgan fingerprint density at radius 1 is 0.829 bits per heavy atom. The molecule has 1 aliphatic heterocycles. The third-order valence-corrected chi connectivity index (χ3v) is 7.80. The minimum absolute atomic E-state index is 0. The van der Waals surface area contributed by atoms with Crippen LogP contribution in [0.3, 0.4) is 0 Å². The van der Waals surface area contributed by atoms with Gasteiger partial charge in [-0.05, 0) is 61.2 Å². The lowest BCUT2D eigenvalue weighted by Gasteiger charge is -2.38. The maximum absolute atomic E-state index is 6.65. The van der Waals surface area contributed by atoms with Gasteiger partial charge >= 0.3 is 0 Å². The largest absolute Gasteiger partial charge is 0.435 e. The van der Waals surface area contributed by atoms with Crippen molar-refractivity contribution >= 4 is 59.8 Å². The number of oxazole rings is 1. The van der Waals surface area contributed by atoms with Crippen molar-refractivity contribution in [2.45, 2.75) is 24.8 Å². The van der Waals surface area contributed by atoms with Crippen LogP contribution in [0.25, 0.3) is 51.0 Å². The number of benzene rings is 3. The standard InChI is InChI=1S/C31H24N6O.3ClH/c32-31(16-6-17-31)20-14-12-19(13-15-20)27-26(30-35-23-9-3-4-11-25(23)38-30)36-29-21-7-1-2-8-22(21)34-28-24(37(27)29)10-5-18-33-28;;;/h1-5,7-15,18H,6,16-17,32H2,(H,33,34);3*1H. The van der Waals surface area contributed by atoms with E-state index in [1.807, 2.05) is 48.5 Å². The molecule has 3 aromatic carbocycles. The van der Waals surface area contributed by atoms with Gasteiger partial charge in [0.1, 0.15) is 11.3 Å². The summed E-state index contributed by atoms with van der Waals surface area (Å²) in [6.45, 7) is 0. The quantitative estimate of drug-likeness (QED) is 0.211. The topological polar surface area (TPSA) is 94.8 Å². The van der Waals surface area contributed by atoms with Gasteiger partial charge in [0.25, 0.3) is 0 Å². The van der Waals surface area contributed by atoms with Crippen molar-refractivity contribution in [3.8, 4) is 39.9 Å². The van der Waals surface area contributed by atoms with E-state index < -0.39 is 0 Å². The van der Waals surface area contributed by atoms with Crippen molar-refractivity contribution in [3.63, 3.8) is 0 Å². The van der Waals surface area contributed by atoms with E-state index in [4.69, 9.17) is 20.1 Å². The molecule has 10 heteroatoms. The van der Waals surface area contributed by atoms with Crippen LogP contribution in [-0.4, -0.2) is 19.5 Å². The highest BCUT2D eigenvalue weighted by atomic mass is 35.5. The molecule has 7 nitrogen and oxygen atoms in total. The average molecular weight is 606 g/mol. The molecule has 1 saturated carbocycles. The number of fused-ring (bicyclic) bond motifs is 6. The van der Waals surface area contributed by atoms with Crippen molar-refractivity contribution in [2.75, 3.05) is 5.32 Å². The number of rotatable bonds is 3. The number of aromatic nitrogens is 4. The van der Waals surface area contributed by atoms with Crippen molar-refractivity contribution in [2.24, 2.45) is 5.73 Å². The van der Waals surface area contributed by atoms with Gasteiger partial charge in [-0.1, -0.05) is 48.5 Å². The molecule has 1 fully saturated rings. The van der Waals surface area contributed by atoms with Crippen LogP contribution in [0.5, 0.6) is 0 Å². The summed E-state index contributed by atoms with van der Waals surface area (Å²) in [5.74, 6) is 2.04. The van der Waals surface area contributed by atoms with Gasteiger partial charge in [0.15, 0.2) is 17.1 Å². The first-order valence-electron chi connectivity index (χ1n) is 12.9. The monoisotopic (exact) mass is 604 g/mol. The minimum Gasteiger partial charge on any atom is -0.435 e. The lowest BCUT2D eigenvalue weighted by molar-refractivity contribution is 0.253. The predicted octanol–water partition coefficient (Wildman–Crippen LogP) is 8.07. The first-order valence-corrected chi connectivity index (χ1v) is 12.9. The van der Waals surface area contributed by atoms with Crippen molar-refractivity contribution in [1.29, 1.82) is 0 Å². The second-order valence-corrected chi connectivity index (χ2v) is 10.1. The van der Waals surface area contributed by atoms with Crippen LogP contribution in [0, 0.1) is 0 Å². The molecule has 3 aromatic heterocycles. The molecule has 0 saturated heterocycles. The summed E-state index contributed by atoms with van der Waals surface area (Å²) in [5, 5.41) is 3.51. The molecular formula is C31H27Cl3N6O. The number of nitrogens with zero attached hydrogens (tertiary/aromatic N) is 4. The maximum Gasteiger partial charge on any atom is 0.248 e. The number of anilines is 2. The van der Waals surface area contributed by atoms with Gasteiger partial charge < -0.3 is 15.5 Å². The molecule has 3 N–H and O–H groups in total. The zero-order chi connectivity index (χ0) is 25.3. The van der Waals surface area contributed by atoms with Gasteiger partial charge in [0, 0.05) is 22.9 Å². The number of halogens is 3. The van der Waals surface area contributed by atoms with Crippen LogP contribution < -0.4 is 11.1 Å². The van der Waals surface area contributed by atoms with E-state index in [0.717, 1.165) is 63.8 Å². The van der Waals surface area contributed by atoms with Gasteiger partial charge in [0.2, 0.25) is 5.89 Å². The number of imidazole rings is 1. The summed E-state index contributed by atoms with van der Waals surface area (Å²) in [4.78, 5) is 14.7. The molecule has 6 aromatic rings. The first-order chi connectivity index (χ1) is 18.7. The highest BCUT2D eigenvalue weighted by molar-refractivity contribution is 5.90. The summed E-state index contributed by atoms with van der Waals surface area (Å²) < 4.78 is 8.44. The fraction of sp³-hybridized carbons (Fsp3) is 0.129. The molecule has 0 spiro atoms. The van der Waals surface area contributed by atoms with Crippen molar-refractivity contribution < 1.29 is 4.42 Å². The Kier molecular flexibility index (Phi) is 7.57. The Balaban J connectivity index is 0.00000112. The fourth-order valence-corrected chi connectivity index (χ4v) is 5.62. The highest BCUT2D eigenvalue weighted by Gasteiger charge is 2.35. The fourth-order valence-electron chi connectivity index (χ4n) is 5.62. The molecule has 0 radical (unpaired) electrons. The summed E-state index contributed by atoms with van der Waals surface area (Å²) >= 11 is 0. The van der Waals surface area contributed by atoms with E-state index >= 15 is 0 Å². The first kappa shape index (κ1) is 28.6. The second kappa shape index (κ2) is 10.8. The molecule has 0 bridgehead atoms. The smallest absolute Gasteiger partial charge is 0.248 e. The van der Waals surface area contributed by atoms with Gasteiger partial charge in [-0.15, -0.1) is 37.2 Å². The lowest BCUT2D eigenvalue weighted by atomic mass is 9.72. The molecule has 1 aliphatic carbocycles. The summed E-state index contributed by atoms with van der Waals surface area (Å²) in [7, 11) is 0. The Hall–Kier alpha value is -3.88. The molecule has 208 valence electrons. The van der Waals surface area contributed by atoms with Crippen molar-refractivity contribution in [1.82, 2.24) is 19.5 Å². The molecule has 0 amide bonds. The van der Waals surface area contributed by atoms with Crippen LogP contribution in [0.4, 0.5) is 11.5 Å². The average Bonchev–Trinajstić information content (AvgIpc) is 3.51. The molecule has 4 heterocycles. The van der Waals surface area contributed by atoms with Crippen LogP contribution in [0.1, 0.15) is 24.8 Å². The number of hydrogen-bond acceptors (Lipinski definition) is 6. The van der Waals surface area contributed by atoms with E-state index in [2.05, 4.69) is 51.3 Å². The van der Waals surface area contributed by atoms with Gasteiger partial charge in [-0.2, -0.15) is 0 Å². The molecule has 0 unspecified atom stereocenters. The SMILES string of the molecule is Cl.Cl.Cl.NC1(c2ccc(-c3c(-c4nc5ccccc5o4)nc4n3-c3cccnc3Nc3ccccc3-4)cc2)CCC1. The van der Waals surface area contributed by atoms with E-state index in [9.17, 15) is 0 Å². The van der Waals surface area contributed by atoms with E-state index in [1.165, 1.54) is 12.0 Å². The number of nitrogens with two attached hydrogens (primary N) is 1. The van der Waals surface area contributed by atoms with E-state index in [0.29, 0.717) is 11.6 Å². The Morgan fingerprint density at radius 2 is 1.59 bits per heavy atom. The van der Waals surface area contributed by atoms with Crippen LogP contribution in [0.15, 0.2) is 95.5 Å². The third-order valence-electron chi connectivity index (χ3n) is 7.80. The normalized spacial score (nSPS) is 14.0. The predicted molar refractivity (Wildman–Crippen MR) is 170 cm³/mol. The molecular weight excluding hydrogens is 579 g/mol. The number of nitrogens with one attached hydrogen (secondary N) is 1. The number of pyridine rings is 1. The summed E-state index contributed by atoms with van der Waals surface area (Å²) in [6, 6.07) is 28.5. The Bertz CT molecular complexity index is 1830. The third kappa shape index (κ3) is 4.46. The van der Waals surface area contributed by atoms with Crippen molar-refractivity contribution in [3.05, 3.63) is 96.7 Å².